The van der Waals surface area contributed by atoms with Crippen molar-refractivity contribution in [3.05, 3.63) is 0 Å². The number of anilines is 1. The summed E-state index contributed by atoms with van der Waals surface area (Å²) in [5, 5.41) is 0. The highest BCUT2D eigenvalue weighted by Crippen LogP contribution is 2.34. The molecule has 0 aromatic carbocycles. The Balaban J connectivity index is 2.14. The standard InChI is InChI=1S/C13H23N3OS/c1-9(2)8-17-13-12(14-18-15-13)16-10(3)6-5-7-11(16)4/h9-11H,5-8H2,1-4H3. The molecular formula is C13H23N3OS. The van der Waals surface area contributed by atoms with Gasteiger partial charge < -0.3 is 9.64 Å². The third-order valence-electron chi connectivity index (χ3n) is 3.43. The van der Waals surface area contributed by atoms with Crippen LogP contribution in [0.25, 0.3) is 0 Å². The fraction of sp³-hybridized carbons (Fsp3) is 0.846. The van der Waals surface area contributed by atoms with Crippen LogP contribution in [-0.2, 0) is 0 Å². The first kappa shape index (κ1) is 13.6. The van der Waals surface area contributed by atoms with E-state index in [1.54, 1.807) is 0 Å². The van der Waals surface area contributed by atoms with Crippen molar-refractivity contribution >= 4 is 17.5 Å². The Labute approximate surface area is 114 Å². The van der Waals surface area contributed by atoms with E-state index in [1.807, 2.05) is 0 Å². The summed E-state index contributed by atoms with van der Waals surface area (Å²) in [6.07, 6.45) is 3.76. The number of nitrogens with zero attached hydrogens (tertiary/aromatic N) is 3. The Morgan fingerprint density at radius 2 is 1.94 bits per heavy atom. The van der Waals surface area contributed by atoms with Gasteiger partial charge in [0.25, 0.3) is 5.88 Å². The predicted octanol–water partition coefficient (Wildman–Crippen LogP) is 3.34. The second-order valence-corrected chi connectivity index (χ2v) is 6.16. The molecule has 1 fully saturated rings. The lowest BCUT2D eigenvalue weighted by molar-refractivity contribution is 0.261. The van der Waals surface area contributed by atoms with Crippen LogP contribution in [-0.4, -0.2) is 27.4 Å². The molecular weight excluding hydrogens is 246 g/mol. The van der Waals surface area contributed by atoms with Gasteiger partial charge in [-0.1, -0.05) is 13.8 Å². The molecule has 0 spiro atoms. The molecule has 5 heteroatoms. The molecule has 0 saturated carbocycles. The third kappa shape index (κ3) is 2.94. The number of piperidine rings is 1. The van der Waals surface area contributed by atoms with E-state index in [0.29, 0.717) is 30.5 Å². The summed E-state index contributed by atoms with van der Waals surface area (Å²) in [7, 11) is 0. The van der Waals surface area contributed by atoms with Crippen LogP contribution in [0.5, 0.6) is 5.88 Å². The second kappa shape index (κ2) is 5.87. The number of hydrogen-bond donors (Lipinski definition) is 0. The normalized spacial score (nSPS) is 24.6. The quantitative estimate of drug-likeness (QED) is 0.840. The van der Waals surface area contributed by atoms with Crippen LogP contribution in [0.2, 0.25) is 0 Å². The van der Waals surface area contributed by atoms with Crippen molar-refractivity contribution in [2.75, 3.05) is 11.5 Å². The van der Waals surface area contributed by atoms with E-state index in [9.17, 15) is 0 Å². The number of hydrogen-bond acceptors (Lipinski definition) is 5. The summed E-state index contributed by atoms with van der Waals surface area (Å²) in [6, 6.07) is 1.05. The van der Waals surface area contributed by atoms with Gasteiger partial charge in [0.05, 0.1) is 18.3 Å². The van der Waals surface area contributed by atoms with Crippen molar-refractivity contribution in [1.82, 2.24) is 8.75 Å². The monoisotopic (exact) mass is 269 g/mol. The molecule has 0 N–H and O–H groups in total. The minimum absolute atomic E-state index is 0.510. The minimum Gasteiger partial charge on any atom is -0.474 e. The van der Waals surface area contributed by atoms with E-state index in [-0.39, 0.29) is 0 Å². The molecule has 0 bridgehead atoms. The Morgan fingerprint density at radius 1 is 1.28 bits per heavy atom. The minimum atomic E-state index is 0.510. The van der Waals surface area contributed by atoms with Gasteiger partial charge in [0, 0.05) is 12.1 Å². The first-order valence-corrected chi connectivity index (χ1v) is 7.56. The highest BCUT2D eigenvalue weighted by molar-refractivity contribution is 6.99. The average Bonchev–Trinajstić information content (AvgIpc) is 2.74. The molecule has 1 aromatic rings. The Bertz CT molecular complexity index is 370. The van der Waals surface area contributed by atoms with E-state index >= 15 is 0 Å². The zero-order valence-corrected chi connectivity index (χ0v) is 12.5. The number of ether oxygens (including phenoxy) is 1. The summed E-state index contributed by atoms with van der Waals surface area (Å²) in [5.74, 6) is 2.17. The van der Waals surface area contributed by atoms with Crippen LogP contribution in [0.4, 0.5) is 5.82 Å². The predicted molar refractivity (Wildman–Crippen MR) is 75.5 cm³/mol. The fourth-order valence-electron chi connectivity index (χ4n) is 2.51. The van der Waals surface area contributed by atoms with E-state index in [2.05, 4.69) is 41.3 Å². The highest BCUT2D eigenvalue weighted by Gasteiger charge is 2.29. The Morgan fingerprint density at radius 3 is 2.56 bits per heavy atom. The van der Waals surface area contributed by atoms with Crippen molar-refractivity contribution < 1.29 is 4.74 Å². The van der Waals surface area contributed by atoms with E-state index in [1.165, 1.54) is 31.0 Å². The van der Waals surface area contributed by atoms with Crippen LogP contribution >= 0.6 is 11.7 Å². The van der Waals surface area contributed by atoms with Gasteiger partial charge >= 0.3 is 0 Å². The SMILES string of the molecule is CC(C)COc1nsnc1N1C(C)CCCC1C. The van der Waals surface area contributed by atoms with Crippen LogP contribution < -0.4 is 9.64 Å². The van der Waals surface area contributed by atoms with Crippen LogP contribution in [0, 0.1) is 5.92 Å². The largest absolute Gasteiger partial charge is 0.474 e. The van der Waals surface area contributed by atoms with Gasteiger partial charge in [-0.05, 0) is 39.0 Å². The molecule has 18 heavy (non-hydrogen) atoms. The van der Waals surface area contributed by atoms with E-state index < -0.39 is 0 Å². The van der Waals surface area contributed by atoms with Gasteiger partial charge in [-0.25, -0.2) is 0 Å². The van der Waals surface area contributed by atoms with Crippen LogP contribution in [0.1, 0.15) is 47.0 Å². The number of aromatic nitrogens is 2. The fourth-order valence-corrected chi connectivity index (χ4v) is 3.01. The summed E-state index contributed by atoms with van der Waals surface area (Å²) < 4.78 is 14.5. The molecule has 2 heterocycles. The topological polar surface area (TPSA) is 38.3 Å². The molecule has 102 valence electrons. The lowest BCUT2D eigenvalue weighted by Crippen LogP contribution is -2.44. The van der Waals surface area contributed by atoms with Gasteiger partial charge in [0.1, 0.15) is 0 Å². The summed E-state index contributed by atoms with van der Waals surface area (Å²) in [4.78, 5) is 2.38. The maximum absolute atomic E-state index is 5.78. The van der Waals surface area contributed by atoms with Gasteiger partial charge in [0.15, 0.2) is 0 Å². The second-order valence-electron chi connectivity index (χ2n) is 5.63. The third-order valence-corrected chi connectivity index (χ3v) is 3.94. The molecule has 2 atom stereocenters. The van der Waals surface area contributed by atoms with Crippen molar-refractivity contribution in [2.45, 2.75) is 59.0 Å². The molecule has 0 aliphatic carbocycles. The maximum atomic E-state index is 5.78. The Hall–Kier alpha value is -0.840. The lowest BCUT2D eigenvalue weighted by Gasteiger charge is -2.39. The first-order chi connectivity index (χ1) is 8.59. The van der Waals surface area contributed by atoms with Gasteiger partial charge in [0.2, 0.25) is 5.82 Å². The van der Waals surface area contributed by atoms with Crippen molar-refractivity contribution in [3.63, 3.8) is 0 Å². The summed E-state index contributed by atoms with van der Waals surface area (Å²) in [5.41, 5.74) is 0. The Kier molecular flexibility index (Phi) is 4.43. The maximum Gasteiger partial charge on any atom is 0.270 e. The zero-order chi connectivity index (χ0) is 13.1. The van der Waals surface area contributed by atoms with Crippen LogP contribution in [0.3, 0.4) is 0 Å². The smallest absolute Gasteiger partial charge is 0.270 e. The van der Waals surface area contributed by atoms with Crippen molar-refractivity contribution in [2.24, 2.45) is 5.92 Å². The van der Waals surface area contributed by atoms with E-state index in [0.717, 1.165) is 5.82 Å². The molecule has 2 rings (SSSR count). The van der Waals surface area contributed by atoms with Gasteiger partial charge in [-0.2, -0.15) is 4.37 Å². The molecule has 2 unspecified atom stereocenters. The number of rotatable bonds is 4. The van der Waals surface area contributed by atoms with Gasteiger partial charge in [-0.15, -0.1) is 4.37 Å². The summed E-state index contributed by atoms with van der Waals surface area (Å²) >= 11 is 1.25. The highest BCUT2D eigenvalue weighted by atomic mass is 32.1. The van der Waals surface area contributed by atoms with Crippen molar-refractivity contribution in [1.29, 1.82) is 0 Å². The molecule has 4 nitrogen and oxygen atoms in total. The molecule has 1 aliphatic heterocycles. The van der Waals surface area contributed by atoms with Crippen molar-refractivity contribution in [3.8, 4) is 5.88 Å². The molecule has 0 amide bonds. The first-order valence-electron chi connectivity index (χ1n) is 6.83. The van der Waals surface area contributed by atoms with Gasteiger partial charge in [-0.3, -0.25) is 0 Å². The molecule has 1 aliphatic rings. The van der Waals surface area contributed by atoms with Crippen LogP contribution in [0.15, 0.2) is 0 Å². The molecule has 1 aromatic heterocycles. The summed E-state index contributed by atoms with van der Waals surface area (Å²) in [6.45, 7) is 9.52. The zero-order valence-electron chi connectivity index (χ0n) is 11.7. The molecule has 0 radical (unpaired) electrons. The lowest BCUT2D eigenvalue weighted by atomic mass is 9.98. The molecule has 1 saturated heterocycles. The average molecular weight is 269 g/mol. The van der Waals surface area contributed by atoms with E-state index in [4.69, 9.17) is 4.74 Å².